The first-order valence-corrected chi connectivity index (χ1v) is 12.1. The van der Waals surface area contributed by atoms with Crippen LogP contribution in [0, 0.1) is 19.8 Å². The molecule has 33 heavy (non-hydrogen) atoms. The Labute approximate surface area is 197 Å². The summed E-state index contributed by atoms with van der Waals surface area (Å²) in [5.41, 5.74) is 4.69. The maximum atomic E-state index is 12.5. The predicted octanol–water partition coefficient (Wildman–Crippen LogP) is 4.85. The second-order valence-corrected chi connectivity index (χ2v) is 9.66. The van der Waals surface area contributed by atoms with Gasteiger partial charge in [-0.05, 0) is 95.7 Å². The lowest BCUT2D eigenvalue weighted by Crippen LogP contribution is -2.40. The molecule has 2 aliphatic heterocycles. The number of hydrogen-bond donors (Lipinski definition) is 0. The highest BCUT2D eigenvalue weighted by Crippen LogP contribution is 2.35. The Morgan fingerprint density at radius 1 is 1.18 bits per heavy atom. The van der Waals surface area contributed by atoms with Crippen molar-refractivity contribution >= 4 is 11.9 Å². The minimum absolute atomic E-state index is 0.171. The number of aryl methyl sites for hydroxylation is 2. The molecule has 4 heterocycles. The highest BCUT2D eigenvalue weighted by Gasteiger charge is 2.30. The van der Waals surface area contributed by atoms with Crippen molar-refractivity contribution < 1.29 is 14.3 Å². The zero-order valence-electron chi connectivity index (χ0n) is 20.5. The number of carbonyl (C=O) groups is 1. The van der Waals surface area contributed by atoms with Gasteiger partial charge >= 0.3 is 6.09 Å². The predicted molar refractivity (Wildman–Crippen MR) is 129 cm³/mol. The average Bonchev–Trinajstić information content (AvgIpc) is 2.76. The molecule has 2 aromatic heterocycles. The van der Waals surface area contributed by atoms with E-state index in [9.17, 15) is 4.79 Å². The van der Waals surface area contributed by atoms with Gasteiger partial charge in [-0.1, -0.05) is 0 Å². The summed E-state index contributed by atoms with van der Waals surface area (Å²) in [5, 5.41) is 0. The van der Waals surface area contributed by atoms with Crippen LogP contribution >= 0.6 is 0 Å². The molecule has 0 aliphatic carbocycles. The van der Waals surface area contributed by atoms with Crippen LogP contribution in [0.15, 0.2) is 24.4 Å². The molecule has 0 radical (unpaired) electrons. The summed E-state index contributed by atoms with van der Waals surface area (Å²) in [6.07, 6.45) is 4.88. The molecule has 2 aliphatic rings. The molecule has 1 amide bonds. The molecule has 1 fully saturated rings. The molecule has 0 bridgehead atoms. The van der Waals surface area contributed by atoms with Crippen LogP contribution in [0.1, 0.15) is 62.2 Å². The van der Waals surface area contributed by atoms with E-state index in [4.69, 9.17) is 9.47 Å². The van der Waals surface area contributed by atoms with E-state index in [0.717, 1.165) is 36.5 Å². The highest BCUT2D eigenvalue weighted by molar-refractivity contribution is 5.88. The topological polar surface area (TPSA) is 67.8 Å². The third-order valence-corrected chi connectivity index (χ3v) is 6.49. The van der Waals surface area contributed by atoms with Gasteiger partial charge in [-0.25, -0.2) is 9.78 Å². The van der Waals surface area contributed by atoms with Crippen LogP contribution in [0.25, 0.3) is 0 Å². The number of rotatable bonds is 5. The summed E-state index contributed by atoms with van der Waals surface area (Å²) in [4.78, 5) is 25.7. The molecular formula is C26H36N4O3. The van der Waals surface area contributed by atoms with Gasteiger partial charge in [0.2, 0.25) is 0 Å². The maximum Gasteiger partial charge on any atom is 0.415 e. The van der Waals surface area contributed by atoms with Crippen LogP contribution in [-0.2, 0) is 11.2 Å². The van der Waals surface area contributed by atoms with E-state index in [1.54, 1.807) is 4.90 Å². The van der Waals surface area contributed by atoms with Crippen molar-refractivity contribution in [2.45, 2.75) is 66.0 Å². The molecule has 1 saturated heterocycles. The highest BCUT2D eigenvalue weighted by atomic mass is 16.6. The number of aromatic nitrogens is 2. The van der Waals surface area contributed by atoms with E-state index < -0.39 is 0 Å². The smallest absolute Gasteiger partial charge is 0.415 e. The van der Waals surface area contributed by atoms with Crippen molar-refractivity contribution in [3.63, 3.8) is 0 Å². The minimum Gasteiger partial charge on any atom is -0.488 e. The van der Waals surface area contributed by atoms with Crippen LogP contribution < -0.4 is 9.64 Å². The molecule has 0 saturated carbocycles. The Hall–Kier alpha value is -2.67. The zero-order valence-corrected chi connectivity index (χ0v) is 20.5. The first-order chi connectivity index (χ1) is 15.8. The van der Waals surface area contributed by atoms with Crippen molar-refractivity contribution in [2.75, 3.05) is 31.1 Å². The van der Waals surface area contributed by atoms with E-state index in [1.165, 1.54) is 18.4 Å². The van der Waals surface area contributed by atoms with E-state index >= 15 is 0 Å². The lowest BCUT2D eigenvalue weighted by molar-refractivity contribution is 0.119. The Kier molecular flexibility index (Phi) is 7.17. The molecule has 1 unspecified atom stereocenters. The fourth-order valence-corrected chi connectivity index (χ4v) is 4.98. The molecule has 2 aromatic rings. The van der Waals surface area contributed by atoms with Crippen molar-refractivity contribution in [3.8, 4) is 5.75 Å². The number of fused-ring (bicyclic) bond motifs is 1. The van der Waals surface area contributed by atoms with Crippen molar-refractivity contribution in [2.24, 2.45) is 5.92 Å². The van der Waals surface area contributed by atoms with Gasteiger partial charge in [-0.2, -0.15) is 0 Å². The fraction of sp³-hybridized carbons (Fsp3) is 0.577. The lowest BCUT2D eigenvalue weighted by Gasteiger charge is -2.37. The molecule has 0 N–H and O–H groups in total. The molecule has 0 aromatic carbocycles. The van der Waals surface area contributed by atoms with E-state index in [1.807, 2.05) is 26.1 Å². The second-order valence-electron chi connectivity index (χ2n) is 9.66. The number of anilines is 1. The summed E-state index contributed by atoms with van der Waals surface area (Å²) in [6, 6.07) is 6.71. The SMILES string of the molecule is Cc1cc(C[C@H]2CCCN(C(C)c3cnc4c(c3)OCCN4C(=O)OC(C)C)C2)cc(C)n1. The van der Waals surface area contributed by atoms with E-state index in [0.29, 0.717) is 30.6 Å². The molecule has 7 nitrogen and oxygen atoms in total. The van der Waals surface area contributed by atoms with Crippen LogP contribution in [0.2, 0.25) is 0 Å². The van der Waals surface area contributed by atoms with Crippen molar-refractivity contribution in [1.29, 1.82) is 0 Å². The quantitative estimate of drug-likeness (QED) is 0.646. The van der Waals surface area contributed by atoms with Gasteiger partial charge < -0.3 is 9.47 Å². The number of ether oxygens (including phenoxy) is 2. The Morgan fingerprint density at radius 2 is 1.94 bits per heavy atom. The van der Waals surface area contributed by atoms with Crippen LogP contribution in [0.4, 0.5) is 10.6 Å². The first-order valence-electron chi connectivity index (χ1n) is 12.1. The summed E-state index contributed by atoms with van der Waals surface area (Å²) >= 11 is 0. The van der Waals surface area contributed by atoms with Gasteiger partial charge in [-0.3, -0.25) is 14.8 Å². The monoisotopic (exact) mass is 452 g/mol. The van der Waals surface area contributed by atoms with Gasteiger partial charge in [0.15, 0.2) is 11.6 Å². The van der Waals surface area contributed by atoms with Crippen molar-refractivity contribution in [1.82, 2.24) is 14.9 Å². The van der Waals surface area contributed by atoms with Gasteiger partial charge in [0.1, 0.15) is 6.61 Å². The summed E-state index contributed by atoms with van der Waals surface area (Å²) in [7, 11) is 0. The third-order valence-electron chi connectivity index (χ3n) is 6.49. The first kappa shape index (κ1) is 23.5. The number of carbonyl (C=O) groups excluding carboxylic acids is 1. The molecule has 0 spiro atoms. The van der Waals surface area contributed by atoms with E-state index in [2.05, 4.69) is 47.8 Å². The summed E-state index contributed by atoms with van der Waals surface area (Å²) < 4.78 is 11.2. The molecule has 2 atom stereocenters. The number of piperidine rings is 1. The largest absolute Gasteiger partial charge is 0.488 e. The molecule has 178 valence electrons. The van der Waals surface area contributed by atoms with Gasteiger partial charge in [0.25, 0.3) is 0 Å². The number of hydrogen-bond acceptors (Lipinski definition) is 6. The zero-order chi connectivity index (χ0) is 23.5. The average molecular weight is 453 g/mol. The Morgan fingerprint density at radius 3 is 2.67 bits per heavy atom. The van der Waals surface area contributed by atoms with Crippen LogP contribution in [0.5, 0.6) is 5.75 Å². The van der Waals surface area contributed by atoms with Gasteiger partial charge in [0.05, 0.1) is 12.6 Å². The summed E-state index contributed by atoms with van der Waals surface area (Å²) in [5.74, 6) is 1.83. The lowest BCUT2D eigenvalue weighted by atomic mass is 9.90. The standard InChI is InChI=1S/C26H36N4O3/c1-17(2)33-26(31)30-9-10-32-24-14-23(15-27-25(24)30)20(5)29-8-6-7-21(16-29)13-22-11-18(3)28-19(4)12-22/h11-12,14-15,17,20-21H,6-10,13,16H2,1-5H3/t20?,21-/m1/s1. The number of pyridine rings is 2. The van der Waals surface area contributed by atoms with Crippen molar-refractivity contribution in [3.05, 3.63) is 46.9 Å². The van der Waals surface area contributed by atoms with Crippen LogP contribution in [0.3, 0.4) is 0 Å². The fourth-order valence-electron chi connectivity index (χ4n) is 4.98. The molecular weight excluding hydrogens is 416 g/mol. The third kappa shape index (κ3) is 5.64. The van der Waals surface area contributed by atoms with E-state index in [-0.39, 0.29) is 18.2 Å². The number of likely N-dealkylation sites (tertiary alicyclic amines) is 1. The Bertz CT molecular complexity index is 973. The summed E-state index contributed by atoms with van der Waals surface area (Å²) in [6.45, 7) is 13.1. The maximum absolute atomic E-state index is 12.5. The van der Waals surface area contributed by atoms with Gasteiger partial charge in [0, 0.05) is 30.2 Å². The number of amides is 1. The second kappa shape index (κ2) is 10.1. The van der Waals surface area contributed by atoms with Crippen LogP contribution in [-0.4, -0.2) is 53.3 Å². The van der Waals surface area contributed by atoms with Gasteiger partial charge in [-0.15, -0.1) is 0 Å². The Balaban J connectivity index is 1.45. The minimum atomic E-state index is -0.372. The molecule has 4 rings (SSSR count). The number of nitrogens with zero attached hydrogens (tertiary/aromatic N) is 4. The molecule has 7 heteroatoms. The normalized spacial score (nSPS) is 19.7.